The summed E-state index contributed by atoms with van der Waals surface area (Å²) in [6.07, 6.45) is 3.52. The Balaban J connectivity index is 2.00. The molecule has 4 heteroatoms. The van der Waals surface area contributed by atoms with Crippen LogP contribution in [0.3, 0.4) is 0 Å². The number of nitrogens with one attached hydrogen (secondary N) is 1. The predicted octanol–water partition coefficient (Wildman–Crippen LogP) is 2.32. The van der Waals surface area contributed by atoms with E-state index >= 15 is 0 Å². The largest absolute Gasteiger partial charge is 0.388 e. The van der Waals surface area contributed by atoms with Crippen molar-refractivity contribution in [3.8, 4) is 11.4 Å². The number of fused-ring (bicyclic) bond motifs is 1. The fourth-order valence-electron chi connectivity index (χ4n) is 2.31. The highest BCUT2D eigenvalue weighted by atomic mass is 15.3. The average Bonchev–Trinajstić information content (AvgIpc) is 2.83. The van der Waals surface area contributed by atoms with Crippen LogP contribution in [0.25, 0.3) is 11.4 Å². The number of hydrogen-bond acceptors (Lipinski definition) is 3. The van der Waals surface area contributed by atoms with Crippen molar-refractivity contribution in [1.82, 2.24) is 14.8 Å². The van der Waals surface area contributed by atoms with Gasteiger partial charge in [-0.25, -0.2) is 0 Å². The van der Waals surface area contributed by atoms with Crippen LogP contribution in [0.4, 0.5) is 5.69 Å². The van der Waals surface area contributed by atoms with Gasteiger partial charge >= 0.3 is 0 Å². The molecule has 4 nitrogen and oxygen atoms in total. The third-order valence-corrected chi connectivity index (χ3v) is 3.29. The lowest BCUT2D eigenvalue weighted by molar-refractivity contribution is 0.526. The summed E-state index contributed by atoms with van der Waals surface area (Å²) in [6.45, 7) is 1.05. The quantitative estimate of drug-likeness (QED) is 0.857. The lowest BCUT2D eigenvalue weighted by Gasteiger charge is -2.14. The van der Waals surface area contributed by atoms with Crippen LogP contribution in [0.15, 0.2) is 24.3 Å². The van der Waals surface area contributed by atoms with Gasteiger partial charge in [0.15, 0.2) is 5.82 Å². The third-order valence-electron chi connectivity index (χ3n) is 3.29. The monoisotopic (exact) mass is 228 g/mol. The Kier molecular flexibility index (Phi) is 2.55. The number of rotatable bonds is 2. The third kappa shape index (κ3) is 1.79. The van der Waals surface area contributed by atoms with Crippen LogP contribution in [0.2, 0.25) is 0 Å². The molecule has 88 valence electrons. The summed E-state index contributed by atoms with van der Waals surface area (Å²) < 4.78 is 2.25. The minimum atomic E-state index is 1.00. The summed E-state index contributed by atoms with van der Waals surface area (Å²) in [5, 5.41) is 11.7. The van der Waals surface area contributed by atoms with E-state index in [0.29, 0.717) is 0 Å². The Bertz CT molecular complexity index is 513. The lowest BCUT2D eigenvalue weighted by Crippen LogP contribution is -2.11. The van der Waals surface area contributed by atoms with Crippen LogP contribution in [0, 0.1) is 0 Å². The zero-order chi connectivity index (χ0) is 11.7. The average molecular weight is 228 g/mol. The Labute approximate surface area is 101 Å². The second kappa shape index (κ2) is 4.20. The molecule has 2 aromatic rings. The minimum absolute atomic E-state index is 1.00. The zero-order valence-electron chi connectivity index (χ0n) is 9.98. The standard InChI is InChI=1S/C13H16N4/c1-14-11-7-5-10(6-8-11)13-16-15-12-4-2-3-9-17(12)13/h5-8,14H,2-4,9H2,1H3. The van der Waals surface area contributed by atoms with E-state index in [9.17, 15) is 0 Å². The highest BCUT2D eigenvalue weighted by Gasteiger charge is 2.16. The SMILES string of the molecule is CNc1ccc(-c2nnc3n2CCCC3)cc1. The van der Waals surface area contributed by atoms with Gasteiger partial charge in [0.2, 0.25) is 0 Å². The summed E-state index contributed by atoms with van der Waals surface area (Å²) in [5.41, 5.74) is 2.26. The maximum absolute atomic E-state index is 4.32. The second-order valence-electron chi connectivity index (χ2n) is 4.38. The molecule has 1 aromatic heterocycles. The molecule has 0 saturated heterocycles. The first kappa shape index (κ1) is 10.3. The fourth-order valence-corrected chi connectivity index (χ4v) is 2.31. The Morgan fingerprint density at radius 2 is 1.94 bits per heavy atom. The summed E-state index contributed by atoms with van der Waals surface area (Å²) in [4.78, 5) is 0. The van der Waals surface area contributed by atoms with Crippen molar-refractivity contribution in [3.63, 3.8) is 0 Å². The number of hydrogen-bond donors (Lipinski definition) is 1. The van der Waals surface area contributed by atoms with Crippen LogP contribution < -0.4 is 5.32 Å². The van der Waals surface area contributed by atoms with Gasteiger partial charge in [-0.05, 0) is 37.1 Å². The molecule has 1 aliphatic rings. The molecule has 0 bridgehead atoms. The van der Waals surface area contributed by atoms with E-state index in [2.05, 4.69) is 44.3 Å². The summed E-state index contributed by atoms with van der Waals surface area (Å²) in [5.74, 6) is 2.13. The van der Waals surface area contributed by atoms with E-state index in [1.54, 1.807) is 0 Å². The molecule has 0 radical (unpaired) electrons. The Morgan fingerprint density at radius 3 is 2.71 bits per heavy atom. The van der Waals surface area contributed by atoms with Crippen LogP contribution in [0.1, 0.15) is 18.7 Å². The van der Waals surface area contributed by atoms with Crippen LogP contribution in [-0.4, -0.2) is 21.8 Å². The molecule has 1 aliphatic heterocycles. The van der Waals surface area contributed by atoms with E-state index in [4.69, 9.17) is 0 Å². The molecule has 2 heterocycles. The van der Waals surface area contributed by atoms with Gasteiger partial charge in [0.25, 0.3) is 0 Å². The van der Waals surface area contributed by atoms with Crippen molar-refractivity contribution in [2.45, 2.75) is 25.8 Å². The second-order valence-corrected chi connectivity index (χ2v) is 4.38. The van der Waals surface area contributed by atoms with Crippen molar-refractivity contribution in [2.75, 3.05) is 12.4 Å². The van der Waals surface area contributed by atoms with Crippen molar-refractivity contribution in [1.29, 1.82) is 0 Å². The van der Waals surface area contributed by atoms with Crippen LogP contribution >= 0.6 is 0 Å². The van der Waals surface area contributed by atoms with Crippen LogP contribution in [0.5, 0.6) is 0 Å². The van der Waals surface area contributed by atoms with Crippen molar-refractivity contribution in [2.24, 2.45) is 0 Å². The van der Waals surface area contributed by atoms with Gasteiger partial charge in [-0.2, -0.15) is 0 Å². The maximum Gasteiger partial charge on any atom is 0.163 e. The summed E-state index contributed by atoms with van der Waals surface area (Å²) in [6, 6.07) is 8.33. The predicted molar refractivity (Wildman–Crippen MR) is 67.9 cm³/mol. The molecule has 17 heavy (non-hydrogen) atoms. The fraction of sp³-hybridized carbons (Fsp3) is 0.385. The molecule has 0 saturated carbocycles. The molecule has 0 amide bonds. The molecule has 0 fully saturated rings. The first-order chi connectivity index (χ1) is 8.38. The molecular formula is C13H16N4. The van der Waals surface area contributed by atoms with E-state index < -0.39 is 0 Å². The molecule has 0 atom stereocenters. The van der Waals surface area contributed by atoms with Gasteiger partial charge in [0.05, 0.1) is 0 Å². The Hall–Kier alpha value is -1.84. The van der Waals surface area contributed by atoms with Gasteiger partial charge in [-0.1, -0.05) is 0 Å². The molecule has 1 N–H and O–H groups in total. The normalized spacial score (nSPS) is 14.4. The molecule has 0 unspecified atom stereocenters. The van der Waals surface area contributed by atoms with Gasteiger partial charge in [-0.3, -0.25) is 0 Å². The highest BCUT2D eigenvalue weighted by Crippen LogP contribution is 2.23. The van der Waals surface area contributed by atoms with E-state index in [1.165, 1.54) is 12.8 Å². The van der Waals surface area contributed by atoms with Gasteiger partial charge < -0.3 is 9.88 Å². The van der Waals surface area contributed by atoms with Crippen LogP contribution in [-0.2, 0) is 13.0 Å². The Morgan fingerprint density at radius 1 is 1.12 bits per heavy atom. The smallest absolute Gasteiger partial charge is 0.163 e. The molecule has 3 rings (SSSR count). The zero-order valence-corrected chi connectivity index (χ0v) is 9.98. The van der Waals surface area contributed by atoms with Gasteiger partial charge in [0.1, 0.15) is 5.82 Å². The molecule has 0 aliphatic carbocycles. The summed E-state index contributed by atoms with van der Waals surface area (Å²) in [7, 11) is 1.92. The van der Waals surface area contributed by atoms with Crippen molar-refractivity contribution < 1.29 is 0 Å². The number of benzene rings is 1. The number of nitrogens with zero attached hydrogens (tertiary/aromatic N) is 3. The minimum Gasteiger partial charge on any atom is -0.388 e. The summed E-state index contributed by atoms with van der Waals surface area (Å²) >= 11 is 0. The lowest BCUT2D eigenvalue weighted by atomic mass is 10.1. The maximum atomic E-state index is 4.32. The highest BCUT2D eigenvalue weighted by molar-refractivity contribution is 5.60. The first-order valence-corrected chi connectivity index (χ1v) is 6.09. The molecule has 1 aromatic carbocycles. The van der Waals surface area contributed by atoms with Gasteiger partial charge in [-0.15, -0.1) is 10.2 Å². The molecule has 0 spiro atoms. The topological polar surface area (TPSA) is 42.7 Å². The van der Waals surface area contributed by atoms with E-state index in [-0.39, 0.29) is 0 Å². The number of anilines is 1. The number of aromatic nitrogens is 3. The first-order valence-electron chi connectivity index (χ1n) is 6.09. The molecular weight excluding hydrogens is 212 g/mol. The van der Waals surface area contributed by atoms with Crippen molar-refractivity contribution in [3.05, 3.63) is 30.1 Å². The van der Waals surface area contributed by atoms with Gasteiger partial charge in [0, 0.05) is 31.3 Å². The van der Waals surface area contributed by atoms with E-state index in [0.717, 1.165) is 35.9 Å². The van der Waals surface area contributed by atoms with Crippen molar-refractivity contribution >= 4 is 5.69 Å². The van der Waals surface area contributed by atoms with E-state index in [1.807, 2.05) is 7.05 Å². The number of aryl methyl sites for hydroxylation is 1.